The van der Waals surface area contributed by atoms with Crippen LogP contribution in [0.4, 0.5) is 0 Å². The molecule has 1 aromatic carbocycles. The lowest BCUT2D eigenvalue weighted by molar-refractivity contribution is -0.0921. The number of methoxy groups -OCH3 is 2. The van der Waals surface area contributed by atoms with Gasteiger partial charge >= 0.3 is 0 Å². The first-order valence-corrected chi connectivity index (χ1v) is 7.62. The topological polar surface area (TPSA) is 54.0 Å². The highest BCUT2D eigenvalue weighted by Gasteiger charge is 2.42. The van der Waals surface area contributed by atoms with Gasteiger partial charge in [-0.15, -0.1) is 0 Å². The first kappa shape index (κ1) is 16.8. The van der Waals surface area contributed by atoms with Crippen molar-refractivity contribution in [2.45, 2.75) is 45.0 Å². The summed E-state index contributed by atoms with van der Waals surface area (Å²) in [6.45, 7) is 6.32. The molecule has 0 saturated carbocycles. The second kappa shape index (κ2) is 5.93. The lowest BCUT2D eigenvalue weighted by Gasteiger charge is -2.49. The molecule has 0 amide bonds. The normalized spacial score (nSPS) is 23.9. The van der Waals surface area contributed by atoms with Crippen LogP contribution in [0, 0.1) is 0 Å². The van der Waals surface area contributed by atoms with Gasteiger partial charge in [-0.3, -0.25) is 0 Å². The van der Waals surface area contributed by atoms with Gasteiger partial charge in [0.05, 0.1) is 14.2 Å². The molecule has 6 heteroatoms. The summed E-state index contributed by atoms with van der Waals surface area (Å²) in [5.41, 5.74) is -0.286. The van der Waals surface area contributed by atoms with Crippen LogP contribution in [0.5, 0.6) is 11.5 Å². The smallest absolute Gasteiger partial charge is 0.171 e. The number of hydrogen-bond donors (Lipinski definition) is 2. The molecule has 1 aliphatic rings. The highest BCUT2D eigenvalue weighted by Crippen LogP contribution is 2.32. The van der Waals surface area contributed by atoms with Crippen LogP contribution in [0.1, 0.15) is 32.8 Å². The van der Waals surface area contributed by atoms with Crippen LogP contribution in [-0.4, -0.2) is 40.6 Å². The van der Waals surface area contributed by atoms with Crippen molar-refractivity contribution in [3.05, 3.63) is 23.8 Å². The largest absolute Gasteiger partial charge is 0.497 e. The van der Waals surface area contributed by atoms with Gasteiger partial charge in [-0.05, 0) is 50.7 Å². The third-order valence-corrected chi connectivity index (χ3v) is 4.12. The van der Waals surface area contributed by atoms with Crippen molar-refractivity contribution in [3.63, 3.8) is 0 Å². The molecule has 1 aromatic rings. The van der Waals surface area contributed by atoms with Crippen molar-refractivity contribution in [1.82, 2.24) is 10.2 Å². The maximum Gasteiger partial charge on any atom is 0.171 e. The molecule has 22 heavy (non-hydrogen) atoms. The molecule has 2 N–H and O–H groups in total. The summed E-state index contributed by atoms with van der Waals surface area (Å²) in [6.07, 6.45) is 0.571. The second-order valence-electron chi connectivity index (χ2n) is 6.51. The molecule has 2 rings (SSSR count). The van der Waals surface area contributed by atoms with Crippen LogP contribution >= 0.6 is 12.2 Å². The summed E-state index contributed by atoms with van der Waals surface area (Å²) < 4.78 is 10.6. The maximum absolute atomic E-state index is 10.8. The molecule has 0 aliphatic carbocycles. The standard InChI is InChI=1S/C16H24N2O3S/c1-15(2)10-16(3,19)18(14(22)17-15)9-11-6-12(20-4)8-13(7-11)21-5/h6-8,19H,9-10H2,1-5H3,(H,17,22)/t16-/m0/s1. The Morgan fingerprint density at radius 2 is 1.73 bits per heavy atom. The Kier molecular flexibility index (Phi) is 4.54. The average molecular weight is 324 g/mol. The first-order chi connectivity index (χ1) is 10.2. The van der Waals surface area contributed by atoms with E-state index in [1.54, 1.807) is 26.0 Å². The maximum atomic E-state index is 10.8. The van der Waals surface area contributed by atoms with Crippen LogP contribution in [0.25, 0.3) is 0 Å². The third-order valence-electron chi connectivity index (χ3n) is 3.80. The molecule has 1 atom stereocenters. The molecule has 0 unspecified atom stereocenters. The van der Waals surface area contributed by atoms with Gasteiger partial charge in [-0.25, -0.2) is 0 Å². The van der Waals surface area contributed by atoms with Gasteiger partial charge < -0.3 is 24.8 Å². The van der Waals surface area contributed by atoms with Crippen molar-refractivity contribution < 1.29 is 14.6 Å². The zero-order valence-electron chi connectivity index (χ0n) is 13.8. The van der Waals surface area contributed by atoms with E-state index in [2.05, 4.69) is 5.32 Å². The predicted octanol–water partition coefficient (Wildman–Crippen LogP) is 2.27. The van der Waals surface area contributed by atoms with Crippen molar-refractivity contribution in [1.29, 1.82) is 0 Å². The molecular formula is C16H24N2O3S. The quantitative estimate of drug-likeness (QED) is 0.829. The van der Waals surface area contributed by atoms with Crippen molar-refractivity contribution in [2.75, 3.05) is 14.2 Å². The van der Waals surface area contributed by atoms with E-state index in [0.29, 0.717) is 29.6 Å². The fourth-order valence-corrected chi connectivity index (χ4v) is 3.47. The minimum atomic E-state index is -1.01. The SMILES string of the molecule is COc1cc(CN2C(=S)NC(C)(C)C[C@]2(C)O)cc(OC)c1. The van der Waals surface area contributed by atoms with E-state index >= 15 is 0 Å². The van der Waals surface area contributed by atoms with Gasteiger partial charge in [0.1, 0.15) is 17.2 Å². The zero-order valence-corrected chi connectivity index (χ0v) is 14.6. The van der Waals surface area contributed by atoms with Gasteiger partial charge in [0.25, 0.3) is 0 Å². The molecule has 0 bridgehead atoms. The van der Waals surface area contributed by atoms with Crippen LogP contribution in [0.2, 0.25) is 0 Å². The van der Waals surface area contributed by atoms with Crippen LogP contribution < -0.4 is 14.8 Å². The number of nitrogens with one attached hydrogen (secondary N) is 1. The van der Waals surface area contributed by atoms with Crippen molar-refractivity contribution >= 4 is 17.3 Å². The molecule has 1 aliphatic heterocycles. The van der Waals surface area contributed by atoms with E-state index in [1.807, 2.05) is 32.0 Å². The highest BCUT2D eigenvalue weighted by molar-refractivity contribution is 7.80. The minimum Gasteiger partial charge on any atom is -0.497 e. The molecular weight excluding hydrogens is 300 g/mol. The Morgan fingerprint density at radius 1 is 1.18 bits per heavy atom. The number of benzene rings is 1. The Balaban J connectivity index is 2.28. The average Bonchev–Trinajstić information content (AvgIpc) is 2.40. The number of aliphatic hydroxyl groups is 1. The van der Waals surface area contributed by atoms with E-state index in [-0.39, 0.29) is 5.54 Å². The Hall–Kier alpha value is -1.53. The molecule has 1 saturated heterocycles. The van der Waals surface area contributed by atoms with E-state index < -0.39 is 5.72 Å². The van der Waals surface area contributed by atoms with E-state index in [0.717, 1.165) is 5.56 Å². The monoisotopic (exact) mass is 324 g/mol. The summed E-state index contributed by atoms with van der Waals surface area (Å²) in [5, 5.41) is 14.6. The van der Waals surface area contributed by atoms with Crippen LogP contribution in [0.3, 0.4) is 0 Å². The summed E-state index contributed by atoms with van der Waals surface area (Å²) in [6, 6.07) is 5.65. The first-order valence-electron chi connectivity index (χ1n) is 7.21. The Bertz CT molecular complexity index is 550. The van der Waals surface area contributed by atoms with E-state index in [9.17, 15) is 5.11 Å². The van der Waals surface area contributed by atoms with Gasteiger partial charge in [0.2, 0.25) is 0 Å². The van der Waals surface area contributed by atoms with Crippen LogP contribution in [-0.2, 0) is 6.54 Å². The lowest BCUT2D eigenvalue weighted by atomic mass is 9.90. The second-order valence-corrected chi connectivity index (χ2v) is 6.90. The lowest BCUT2D eigenvalue weighted by Crippen LogP contribution is -2.65. The Labute approximate surface area is 137 Å². The summed E-state index contributed by atoms with van der Waals surface area (Å²) in [7, 11) is 3.23. The fourth-order valence-electron chi connectivity index (χ4n) is 2.93. The van der Waals surface area contributed by atoms with Crippen LogP contribution in [0.15, 0.2) is 18.2 Å². The van der Waals surface area contributed by atoms with Gasteiger partial charge in [-0.1, -0.05) is 0 Å². The Morgan fingerprint density at radius 3 is 2.18 bits per heavy atom. The molecule has 122 valence electrons. The predicted molar refractivity (Wildman–Crippen MR) is 90.1 cm³/mol. The van der Waals surface area contributed by atoms with Crippen molar-refractivity contribution in [2.24, 2.45) is 0 Å². The molecule has 1 heterocycles. The fraction of sp³-hybridized carbons (Fsp3) is 0.562. The number of thiocarbonyl (C=S) groups is 1. The number of ether oxygens (including phenoxy) is 2. The number of rotatable bonds is 4. The molecule has 0 spiro atoms. The van der Waals surface area contributed by atoms with E-state index in [4.69, 9.17) is 21.7 Å². The van der Waals surface area contributed by atoms with Gasteiger partial charge in [0.15, 0.2) is 5.11 Å². The summed E-state index contributed by atoms with van der Waals surface area (Å²) in [4.78, 5) is 1.79. The number of nitrogens with zero attached hydrogens (tertiary/aromatic N) is 1. The zero-order chi connectivity index (χ0) is 16.5. The number of hydrogen-bond acceptors (Lipinski definition) is 4. The third kappa shape index (κ3) is 3.62. The van der Waals surface area contributed by atoms with Crippen molar-refractivity contribution in [3.8, 4) is 11.5 Å². The van der Waals surface area contributed by atoms with Gasteiger partial charge in [0, 0.05) is 24.6 Å². The minimum absolute atomic E-state index is 0.233. The molecule has 1 fully saturated rings. The molecule has 0 radical (unpaired) electrons. The molecule has 0 aromatic heterocycles. The van der Waals surface area contributed by atoms with E-state index in [1.165, 1.54) is 0 Å². The highest BCUT2D eigenvalue weighted by atomic mass is 32.1. The summed E-state index contributed by atoms with van der Waals surface area (Å²) in [5.74, 6) is 1.43. The summed E-state index contributed by atoms with van der Waals surface area (Å²) >= 11 is 5.44. The van der Waals surface area contributed by atoms with Gasteiger partial charge in [-0.2, -0.15) is 0 Å². The molecule has 5 nitrogen and oxygen atoms in total.